The molecule has 4 nitrogen and oxygen atoms in total. The Hall–Kier alpha value is -1.71. The van der Waals surface area contributed by atoms with Crippen LogP contribution in [0.5, 0.6) is 0 Å². The van der Waals surface area contributed by atoms with Crippen molar-refractivity contribution in [3.05, 3.63) is 41.5 Å². The van der Waals surface area contributed by atoms with Gasteiger partial charge in [-0.15, -0.1) is 4.91 Å². The first-order valence-electron chi connectivity index (χ1n) is 7.98. The number of carbonyl (C=O) groups is 1. The summed E-state index contributed by atoms with van der Waals surface area (Å²) in [7, 11) is 0. The monoisotopic (exact) mass is 308 g/mol. The van der Waals surface area contributed by atoms with E-state index < -0.39 is 0 Å². The summed E-state index contributed by atoms with van der Waals surface area (Å²) >= 11 is 0. The maximum Gasteiger partial charge on any atom is 0.246 e. The number of nitrogens with one attached hydrogen (secondary N) is 1. The third-order valence-corrected chi connectivity index (χ3v) is 3.52. The lowest BCUT2D eigenvalue weighted by Crippen LogP contribution is -2.47. The quantitative estimate of drug-likeness (QED) is 0.437. The largest absolute Gasteiger partial charge is 0.347 e. The van der Waals surface area contributed by atoms with Crippen molar-refractivity contribution in [3.63, 3.8) is 0 Å². The fourth-order valence-electron chi connectivity index (χ4n) is 2.00. The predicted molar refractivity (Wildman–Crippen MR) is 95.5 cm³/mol. The topological polar surface area (TPSA) is 58.5 Å². The average molecular weight is 308 g/mol. The van der Waals surface area contributed by atoms with Gasteiger partial charge in [-0.05, 0) is 44.9 Å². The van der Waals surface area contributed by atoms with E-state index in [1.807, 2.05) is 33.8 Å². The molecule has 4 heteroatoms. The molecule has 1 saturated carbocycles. The molecule has 0 heterocycles. The summed E-state index contributed by atoms with van der Waals surface area (Å²) in [6, 6.07) is 0. The fourth-order valence-corrected chi connectivity index (χ4v) is 2.00. The molecule has 126 valence electrons. The van der Waals surface area contributed by atoms with Crippen LogP contribution >= 0.6 is 0 Å². The molecule has 0 aromatic carbocycles. The highest BCUT2D eigenvalue weighted by Gasteiger charge is 2.28. The highest BCUT2D eigenvalue weighted by Crippen LogP contribution is 2.27. The summed E-state index contributed by atoms with van der Waals surface area (Å²) in [6.07, 6.45) is 9.20. The molecule has 1 amide bonds. The number of allylic oxidation sites excluding steroid dienone is 2. The minimum Gasteiger partial charge on any atom is -0.347 e. The Morgan fingerprint density at radius 2 is 1.73 bits per heavy atom. The summed E-state index contributed by atoms with van der Waals surface area (Å²) in [4.78, 5) is 21.0. The third-order valence-electron chi connectivity index (χ3n) is 3.52. The Balaban J connectivity index is 0. The van der Waals surface area contributed by atoms with Gasteiger partial charge >= 0.3 is 0 Å². The molecular weight excluding hydrogens is 276 g/mol. The number of amides is 1. The van der Waals surface area contributed by atoms with Crippen molar-refractivity contribution in [3.8, 4) is 0 Å². The van der Waals surface area contributed by atoms with E-state index in [9.17, 15) is 9.70 Å². The molecule has 0 spiro atoms. The molecule has 1 aliphatic rings. The summed E-state index contributed by atoms with van der Waals surface area (Å²) < 4.78 is 0. The van der Waals surface area contributed by atoms with E-state index in [-0.39, 0.29) is 17.1 Å². The van der Waals surface area contributed by atoms with Crippen LogP contribution in [-0.2, 0) is 4.79 Å². The minimum absolute atomic E-state index is 0.0413. The van der Waals surface area contributed by atoms with Gasteiger partial charge in [0.05, 0.1) is 5.70 Å². The van der Waals surface area contributed by atoms with Crippen molar-refractivity contribution < 1.29 is 4.79 Å². The van der Waals surface area contributed by atoms with Crippen LogP contribution in [0.3, 0.4) is 0 Å². The number of nitroso groups, excluding NO2 is 1. The molecule has 1 rings (SSSR count). The Bertz CT molecular complexity index is 382. The van der Waals surface area contributed by atoms with Crippen molar-refractivity contribution in [2.24, 2.45) is 5.18 Å². The molecule has 0 saturated heterocycles. The Morgan fingerprint density at radius 3 is 2.05 bits per heavy atom. The van der Waals surface area contributed by atoms with Crippen LogP contribution in [0, 0.1) is 4.91 Å². The van der Waals surface area contributed by atoms with Crippen LogP contribution in [-0.4, -0.2) is 11.4 Å². The summed E-state index contributed by atoms with van der Waals surface area (Å²) in [5.74, 6) is 0.0944. The zero-order valence-electron chi connectivity index (χ0n) is 14.9. The van der Waals surface area contributed by atoms with E-state index >= 15 is 0 Å². The van der Waals surface area contributed by atoms with Gasteiger partial charge in [0.2, 0.25) is 5.91 Å². The van der Waals surface area contributed by atoms with Gasteiger partial charge in [0.25, 0.3) is 0 Å². The van der Waals surface area contributed by atoms with Gasteiger partial charge in [-0.3, -0.25) is 4.79 Å². The van der Waals surface area contributed by atoms with E-state index in [0.717, 1.165) is 18.4 Å². The van der Waals surface area contributed by atoms with E-state index in [0.29, 0.717) is 0 Å². The molecule has 0 aromatic rings. The molecule has 0 unspecified atom stereocenters. The van der Waals surface area contributed by atoms with Crippen molar-refractivity contribution in [1.29, 1.82) is 0 Å². The second-order valence-electron chi connectivity index (χ2n) is 5.33. The molecule has 1 N–H and O–H groups in total. The van der Waals surface area contributed by atoms with Gasteiger partial charge in [-0.1, -0.05) is 52.3 Å². The van der Waals surface area contributed by atoms with Gasteiger partial charge in [-0.2, -0.15) is 0 Å². The lowest BCUT2D eigenvalue weighted by atomic mass is 9.83. The molecule has 0 radical (unpaired) electrons. The van der Waals surface area contributed by atoms with Crippen molar-refractivity contribution in [2.75, 3.05) is 0 Å². The molecule has 1 aliphatic carbocycles. The van der Waals surface area contributed by atoms with Crippen LogP contribution < -0.4 is 5.32 Å². The molecule has 22 heavy (non-hydrogen) atoms. The van der Waals surface area contributed by atoms with Crippen molar-refractivity contribution >= 4 is 5.91 Å². The predicted octanol–water partition coefficient (Wildman–Crippen LogP) is 5.27. The highest BCUT2D eigenvalue weighted by atomic mass is 16.3. The van der Waals surface area contributed by atoms with Crippen LogP contribution in [0.1, 0.15) is 66.7 Å². The molecule has 1 fully saturated rings. The first-order valence-corrected chi connectivity index (χ1v) is 7.98. The van der Waals surface area contributed by atoms with Gasteiger partial charge in [-0.25, -0.2) is 0 Å². The summed E-state index contributed by atoms with van der Waals surface area (Å²) in [6.45, 7) is 16.4. The highest BCUT2D eigenvalue weighted by molar-refractivity contribution is 5.93. The smallest absolute Gasteiger partial charge is 0.246 e. The molecule has 0 bridgehead atoms. The van der Waals surface area contributed by atoms with Gasteiger partial charge < -0.3 is 5.32 Å². The number of rotatable bonds is 4. The summed E-state index contributed by atoms with van der Waals surface area (Å²) in [5.41, 5.74) is 1.03. The second-order valence-corrected chi connectivity index (χ2v) is 5.33. The first kappa shape index (κ1) is 22.6. The summed E-state index contributed by atoms with van der Waals surface area (Å²) in [5, 5.41) is 5.58. The van der Waals surface area contributed by atoms with Crippen LogP contribution in [0.4, 0.5) is 0 Å². The normalized spacial score (nSPS) is 16.0. The average Bonchev–Trinajstić information content (AvgIpc) is 2.55. The van der Waals surface area contributed by atoms with E-state index in [4.69, 9.17) is 0 Å². The molecule has 0 aliphatic heterocycles. The van der Waals surface area contributed by atoms with Crippen LogP contribution in [0.2, 0.25) is 0 Å². The second kappa shape index (κ2) is 13.0. The number of hydrogen-bond donors (Lipinski definition) is 1. The number of hydrogen-bond acceptors (Lipinski definition) is 3. The van der Waals surface area contributed by atoms with Crippen LogP contribution in [0.25, 0.3) is 0 Å². The Labute approximate surface area is 135 Å². The van der Waals surface area contributed by atoms with Gasteiger partial charge in [0.15, 0.2) is 0 Å². The molecular formula is C18H32N2O2. The Kier molecular flexibility index (Phi) is 13.3. The van der Waals surface area contributed by atoms with Crippen molar-refractivity contribution in [2.45, 2.75) is 72.3 Å². The van der Waals surface area contributed by atoms with Crippen LogP contribution in [0.15, 0.2) is 41.8 Å². The van der Waals surface area contributed by atoms with Gasteiger partial charge in [0.1, 0.15) is 0 Å². The minimum atomic E-state index is 0.0413. The number of nitrogens with zero attached hydrogens (tertiary/aromatic N) is 1. The van der Waals surface area contributed by atoms with Crippen molar-refractivity contribution in [1.82, 2.24) is 5.32 Å². The SMILES string of the molecule is C/C=C(\C)C(=O)NC1(C)CCCCC1.C=CC(=C)N=O.CC. The molecule has 0 aromatic heterocycles. The first-order chi connectivity index (χ1) is 10.4. The maximum absolute atomic E-state index is 11.7. The van der Waals surface area contributed by atoms with Gasteiger partial charge in [0, 0.05) is 11.1 Å². The fraction of sp³-hybridized carbons (Fsp3) is 0.611. The van der Waals surface area contributed by atoms with E-state index in [1.54, 1.807) is 0 Å². The van der Waals surface area contributed by atoms with E-state index in [1.165, 1.54) is 25.3 Å². The lowest BCUT2D eigenvalue weighted by molar-refractivity contribution is -0.119. The van der Waals surface area contributed by atoms with E-state index in [2.05, 4.69) is 30.6 Å². The lowest BCUT2D eigenvalue weighted by Gasteiger charge is -2.34. The zero-order chi connectivity index (χ0) is 17.6. The molecule has 0 atom stereocenters. The zero-order valence-corrected chi connectivity index (χ0v) is 14.9. The Morgan fingerprint density at radius 1 is 1.23 bits per heavy atom. The third kappa shape index (κ3) is 10.1. The standard InChI is InChI=1S/C12H21NO.C4H5NO.C2H6/c1-4-10(2)11(14)13-12(3)8-6-5-7-9-12;1-3-4(2)5-6;1-2/h4H,5-9H2,1-3H3,(H,13,14);3H,1-2H2;1-2H3/b10-4+;;. The number of carbonyl (C=O) groups excluding carboxylic acids is 1. The maximum atomic E-state index is 11.7.